The van der Waals surface area contributed by atoms with E-state index in [9.17, 15) is 13.2 Å². The van der Waals surface area contributed by atoms with E-state index >= 15 is 0 Å². The molecular weight excluding hydrogens is 282 g/mol. The van der Waals surface area contributed by atoms with Gasteiger partial charge in [-0.05, 0) is 18.2 Å². The van der Waals surface area contributed by atoms with Crippen LogP contribution in [0, 0.1) is 0 Å². The van der Waals surface area contributed by atoms with Crippen molar-refractivity contribution in [2.45, 2.75) is 4.90 Å². The van der Waals surface area contributed by atoms with Gasteiger partial charge in [-0.15, -0.1) is 0 Å². The largest absolute Gasteiger partial charge is 0.460 e. The first-order valence-corrected chi connectivity index (χ1v) is 6.77. The monoisotopic (exact) mass is 293 g/mol. The minimum Gasteiger partial charge on any atom is -0.460 e. The lowest BCUT2D eigenvalue weighted by Gasteiger charge is -2.06. The number of nitrogens with two attached hydrogens (primary N) is 1. The van der Waals surface area contributed by atoms with Gasteiger partial charge in [0.2, 0.25) is 10.0 Å². The lowest BCUT2D eigenvalue weighted by atomic mass is 10.2. The number of hydrogen-bond donors (Lipinski definition) is 1. The number of methoxy groups -OCH3 is 1. The molecule has 6 nitrogen and oxygen atoms in total. The SMILES string of the molecule is COCCOC(=O)c1ccc(Cl)c(S(N)(=O)=O)c1. The topological polar surface area (TPSA) is 95.7 Å². The van der Waals surface area contributed by atoms with Crippen molar-refractivity contribution in [2.75, 3.05) is 20.3 Å². The van der Waals surface area contributed by atoms with E-state index in [1.807, 2.05) is 0 Å². The minimum absolute atomic E-state index is 0.0501. The molecule has 0 aliphatic rings. The molecule has 100 valence electrons. The molecular formula is C10H12ClNO5S. The first kappa shape index (κ1) is 14.9. The normalized spacial score (nSPS) is 11.3. The van der Waals surface area contributed by atoms with Gasteiger partial charge in [0, 0.05) is 7.11 Å². The maximum Gasteiger partial charge on any atom is 0.338 e. The number of primary sulfonamides is 1. The first-order valence-electron chi connectivity index (χ1n) is 4.84. The lowest BCUT2D eigenvalue weighted by Crippen LogP contribution is -2.15. The second-order valence-electron chi connectivity index (χ2n) is 3.32. The Balaban J connectivity index is 2.95. The van der Waals surface area contributed by atoms with E-state index in [4.69, 9.17) is 26.2 Å². The van der Waals surface area contributed by atoms with Gasteiger partial charge in [-0.25, -0.2) is 18.4 Å². The molecule has 0 aromatic heterocycles. The average Bonchev–Trinajstić information content (AvgIpc) is 2.28. The maximum absolute atomic E-state index is 11.6. The van der Waals surface area contributed by atoms with Gasteiger partial charge in [0.1, 0.15) is 11.5 Å². The molecule has 0 fully saturated rings. The van der Waals surface area contributed by atoms with Gasteiger partial charge in [0.05, 0.1) is 17.2 Å². The van der Waals surface area contributed by atoms with Crippen LogP contribution in [0.3, 0.4) is 0 Å². The molecule has 1 rings (SSSR count). The second-order valence-corrected chi connectivity index (χ2v) is 5.26. The highest BCUT2D eigenvalue weighted by atomic mass is 35.5. The van der Waals surface area contributed by atoms with Gasteiger partial charge < -0.3 is 9.47 Å². The molecule has 0 bridgehead atoms. The molecule has 0 aliphatic carbocycles. The fourth-order valence-electron chi connectivity index (χ4n) is 1.15. The maximum atomic E-state index is 11.6. The fourth-order valence-corrected chi connectivity index (χ4v) is 2.22. The van der Waals surface area contributed by atoms with E-state index in [1.54, 1.807) is 0 Å². The summed E-state index contributed by atoms with van der Waals surface area (Å²) in [5, 5.41) is 4.91. The number of ether oxygens (including phenoxy) is 2. The Hall–Kier alpha value is -1.15. The van der Waals surface area contributed by atoms with Gasteiger partial charge >= 0.3 is 5.97 Å². The highest BCUT2D eigenvalue weighted by Crippen LogP contribution is 2.21. The van der Waals surface area contributed by atoms with E-state index in [0.29, 0.717) is 0 Å². The van der Waals surface area contributed by atoms with Crippen LogP contribution in [0.15, 0.2) is 23.1 Å². The van der Waals surface area contributed by atoms with Crippen LogP contribution < -0.4 is 5.14 Å². The zero-order chi connectivity index (χ0) is 13.8. The van der Waals surface area contributed by atoms with Crippen molar-refractivity contribution in [1.82, 2.24) is 0 Å². The number of esters is 1. The molecule has 18 heavy (non-hydrogen) atoms. The smallest absolute Gasteiger partial charge is 0.338 e. The molecule has 0 amide bonds. The number of carbonyl (C=O) groups excluding carboxylic acids is 1. The zero-order valence-corrected chi connectivity index (χ0v) is 11.1. The first-order chi connectivity index (χ1) is 8.36. The van der Waals surface area contributed by atoms with Crippen LogP contribution in [-0.4, -0.2) is 34.7 Å². The van der Waals surface area contributed by atoms with E-state index in [-0.39, 0.29) is 28.7 Å². The Labute approximate surface area is 110 Å². The zero-order valence-electron chi connectivity index (χ0n) is 9.55. The van der Waals surface area contributed by atoms with E-state index in [1.165, 1.54) is 19.2 Å². The fraction of sp³-hybridized carbons (Fsp3) is 0.300. The molecule has 0 atom stereocenters. The number of carbonyl (C=O) groups is 1. The summed E-state index contributed by atoms with van der Waals surface area (Å²) in [4.78, 5) is 11.2. The summed E-state index contributed by atoms with van der Waals surface area (Å²) in [5.41, 5.74) is 0.0551. The van der Waals surface area contributed by atoms with Gasteiger partial charge in [-0.1, -0.05) is 11.6 Å². The molecule has 0 spiro atoms. The van der Waals surface area contributed by atoms with Crippen molar-refractivity contribution in [3.8, 4) is 0 Å². The predicted octanol–water partition coefficient (Wildman–Crippen LogP) is 0.791. The molecule has 0 saturated carbocycles. The van der Waals surface area contributed by atoms with Gasteiger partial charge in [0.25, 0.3) is 0 Å². The third-order valence-electron chi connectivity index (χ3n) is 1.99. The van der Waals surface area contributed by atoms with Crippen LogP contribution in [-0.2, 0) is 19.5 Å². The minimum atomic E-state index is -3.98. The van der Waals surface area contributed by atoms with Crippen LogP contribution in [0.2, 0.25) is 5.02 Å². The van der Waals surface area contributed by atoms with Crippen molar-refractivity contribution >= 4 is 27.6 Å². The number of halogens is 1. The summed E-state index contributed by atoms with van der Waals surface area (Å²) in [6, 6.07) is 3.70. The quantitative estimate of drug-likeness (QED) is 0.639. The van der Waals surface area contributed by atoms with Crippen molar-refractivity contribution in [2.24, 2.45) is 5.14 Å². The molecule has 1 aromatic carbocycles. The molecule has 0 unspecified atom stereocenters. The van der Waals surface area contributed by atoms with E-state index in [0.717, 1.165) is 6.07 Å². The van der Waals surface area contributed by atoms with Gasteiger partial charge in [-0.2, -0.15) is 0 Å². The average molecular weight is 294 g/mol. The summed E-state index contributed by atoms with van der Waals surface area (Å²) < 4.78 is 32.0. The molecule has 0 saturated heterocycles. The summed E-state index contributed by atoms with van der Waals surface area (Å²) in [7, 11) is -2.51. The Bertz CT molecular complexity index is 543. The number of sulfonamides is 1. The second kappa shape index (κ2) is 6.14. The van der Waals surface area contributed by atoms with Gasteiger partial charge in [-0.3, -0.25) is 0 Å². The van der Waals surface area contributed by atoms with Crippen molar-refractivity contribution < 1.29 is 22.7 Å². The van der Waals surface area contributed by atoms with Crippen molar-refractivity contribution in [3.05, 3.63) is 28.8 Å². The van der Waals surface area contributed by atoms with Crippen molar-refractivity contribution in [1.29, 1.82) is 0 Å². The van der Waals surface area contributed by atoms with Crippen LogP contribution in [0.4, 0.5) is 0 Å². The Kier molecular flexibility index (Phi) is 5.09. The molecule has 2 N–H and O–H groups in total. The molecule has 0 heterocycles. The lowest BCUT2D eigenvalue weighted by molar-refractivity contribution is 0.0388. The standard InChI is InChI=1S/C10H12ClNO5S/c1-16-4-5-17-10(13)7-2-3-8(11)9(6-7)18(12,14)15/h2-3,6H,4-5H2,1H3,(H2,12,14,15). The van der Waals surface area contributed by atoms with Crippen LogP contribution in [0.25, 0.3) is 0 Å². The number of hydrogen-bond acceptors (Lipinski definition) is 5. The Morgan fingerprint density at radius 3 is 2.61 bits per heavy atom. The summed E-state index contributed by atoms with van der Waals surface area (Å²) in [5.74, 6) is -0.673. The molecule has 8 heteroatoms. The Morgan fingerprint density at radius 2 is 2.06 bits per heavy atom. The van der Waals surface area contributed by atoms with E-state index in [2.05, 4.69) is 0 Å². The molecule has 0 radical (unpaired) electrons. The van der Waals surface area contributed by atoms with Crippen LogP contribution in [0.5, 0.6) is 0 Å². The summed E-state index contributed by atoms with van der Waals surface area (Å²) >= 11 is 5.68. The highest BCUT2D eigenvalue weighted by molar-refractivity contribution is 7.89. The highest BCUT2D eigenvalue weighted by Gasteiger charge is 2.16. The van der Waals surface area contributed by atoms with Crippen LogP contribution >= 0.6 is 11.6 Å². The third kappa shape index (κ3) is 3.95. The number of rotatable bonds is 5. The van der Waals surface area contributed by atoms with Crippen molar-refractivity contribution in [3.63, 3.8) is 0 Å². The third-order valence-corrected chi connectivity index (χ3v) is 3.39. The summed E-state index contributed by atoms with van der Waals surface area (Å²) in [6.07, 6.45) is 0. The molecule has 1 aromatic rings. The van der Waals surface area contributed by atoms with E-state index < -0.39 is 16.0 Å². The summed E-state index contributed by atoms with van der Waals surface area (Å²) in [6.45, 7) is 0.323. The predicted molar refractivity (Wildman–Crippen MR) is 65.0 cm³/mol. The van der Waals surface area contributed by atoms with Crippen LogP contribution in [0.1, 0.15) is 10.4 Å². The Morgan fingerprint density at radius 1 is 1.39 bits per heavy atom. The molecule has 0 aliphatic heterocycles. The van der Waals surface area contributed by atoms with Gasteiger partial charge in [0.15, 0.2) is 0 Å². The number of benzene rings is 1.